The van der Waals surface area contributed by atoms with Crippen molar-refractivity contribution in [2.45, 2.75) is 65.7 Å². The zero-order chi connectivity index (χ0) is 31.1. The van der Waals surface area contributed by atoms with Crippen molar-refractivity contribution in [3.05, 3.63) is 75.9 Å². The Hall–Kier alpha value is -4.51. The highest BCUT2D eigenvalue weighted by atomic mass is 19.1. The summed E-state index contributed by atoms with van der Waals surface area (Å²) in [5.41, 5.74) is 3.02. The molecular formula is C32H35FN4O6. The topological polar surface area (TPSA) is 124 Å². The molecule has 226 valence electrons. The summed E-state index contributed by atoms with van der Waals surface area (Å²) < 4.78 is 34.0. The second-order valence-corrected chi connectivity index (χ2v) is 11.5. The molecule has 1 aliphatic heterocycles. The number of ether oxygens (including phenoxy) is 3. The highest BCUT2D eigenvalue weighted by Crippen LogP contribution is 2.41. The van der Waals surface area contributed by atoms with Crippen LogP contribution in [0.25, 0.3) is 16.9 Å². The standard InChI is InChI=1S/C32H35FN4O6/c1-17-20-11-9-13-42-28(20)22(33)14-21(17)27-26(29(31(39)40)43-32(3,4)5)18(2)35-25-15-23(36-37(25)27)30(38)34-16-19-10-7-8-12-24(19)41-6/h7-8,10,12,14-15,29H,9,11,13,16H2,1-6H3,(H,34,38)(H,39,40)/t29-/m0/s1. The fourth-order valence-corrected chi connectivity index (χ4v) is 5.42. The van der Waals surface area contributed by atoms with E-state index in [1.54, 1.807) is 40.9 Å². The van der Waals surface area contributed by atoms with E-state index in [-0.39, 0.29) is 29.2 Å². The normalized spacial score (nSPS) is 13.7. The largest absolute Gasteiger partial charge is 0.496 e. The Balaban J connectivity index is 1.70. The lowest BCUT2D eigenvalue weighted by molar-refractivity contribution is -0.160. The number of nitrogens with zero attached hydrogens (tertiary/aromatic N) is 3. The molecule has 2 aromatic carbocycles. The fraction of sp³-hybridized carbons (Fsp3) is 0.375. The van der Waals surface area contributed by atoms with Gasteiger partial charge in [0.15, 0.2) is 29.0 Å². The second-order valence-electron chi connectivity index (χ2n) is 11.5. The number of halogens is 1. The molecule has 3 heterocycles. The number of aryl methyl sites for hydroxylation is 1. The first-order chi connectivity index (χ1) is 20.4. The minimum absolute atomic E-state index is 0.0585. The first kappa shape index (κ1) is 30.0. The van der Waals surface area contributed by atoms with Crippen LogP contribution < -0.4 is 14.8 Å². The van der Waals surface area contributed by atoms with Gasteiger partial charge in [0, 0.05) is 40.6 Å². The number of hydrogen-bond acceptors (Lipinski definition) is 7. The predicted octanol–water partition coefficient (Wildman–Crippen LogP) is 5.36. The number of fused-ring (bicyclic) bond motifs is 2. The number of para-hydroxylation sites is 1. The third-order valence-electron chi connectivity index (χ3n) is 7.34. The first-order valence-corrected chi connectivity index (χ1v) is 14.1. The van der Waals surface area contributed by atoms with E-state index in [2.05, 4.69) is 15.4 Å². The molecule has 0 bridgehead atoms. The van der Waals surface area contributed by atoms with Crippen LogP contribution in [-0.2, 0) is 22.5 Å². The highest BCUT2D eigenvalue weighted by Gasteiger charge is 2.35. The summed E-state index contributed by atoms with van der Waals surface area (Å²) in [4.78, 5) is 30.6. The number of benzene rings is 2. The van der Waals surface area contributed by atoms with Crippen LogP contribution in [0.2, 0.25) is 0 Å². The number of hydrogen-bond donors (Lipinski definition) is 2. The van der Waals surface area contributed by atoms with Crippen molar-refractivity contribution >= 4 is 17.5 Å². The van der Waals surface area contributed by atoms with Crippen molar-refractivity contribution < 1.29 is 33.3 Å². The summed E-state index contributed by atoms with van der Waals surface area (Å²) in [6.07, 6.45) is -0.128. The Morgan fingerprint density at radius 2 is 1.95 bits per heavy atom. The number of nitrogens with one attached hydrogen (secondary N) is 1. The monoisotopic (exact) mass is 590 g/mol. The van der Waals surface area contributed by atoms with Gasteiger partial charge in [0.1, 0.15) is 5.75 Å². The molecule has 0 unspecified atom stereocenters. The van der Waals surface area contributed by atoms with Gasteiger partial charge < -0.3 is 24.6 Å². The molecule has 2 N–H and O–H groups in total. The maximum Gasteiger partial charge on any atom is 0.337 e. The van der Waals surface area contributed by atoms with Crippen molar-refractivity contribution in [1.29, 1.82) is 0 Å². The molecule has 0 saturated heterocycles. The van der Waals surface area contributed by atoms with E-state index >= 15 is 4.39 Å². The van der Waals surface area contributed by atoms with Crippen LogP contribution >= 0.6 is 0 Å². The number of aliphatic carboxylic acids is 1. The van der Waals surface area contributed by atoms with Gasteiger partial charge in [-0.2, -0.15) is 5.10 Å². The lowest BCUT2D eigenvalue weighted by Gasteiger charge is -2.28. The summed E-state index contributed by atoms with van der Waals surface area (Å²) in [6, 6.07) is 10.2. The Labute approximate surface area is 248 Å². The maximum atomic E-state index is 15.5. The lowest BCUT2D eigenvalue weighted by Crippen LogP contribution is -2.29. The van der Waals surface area contributed by atoms with E-state index in [1.165, 1.54) is 16.6 Å². The minimum atomic E-state index is -1.45. The predicted molar refractivity (Wildman–Crippen MR) is 157 cm³/mol. The average molecular weight is 591 g/mol. The van der Waals surface area contributed by atoms with Gasteiger partial charge >= 0.3 is 5.97 Å². The smallest absolute Gasteiger partial charge is 0.337 e. The molecule has 4 aromatic rings. The summed E-state index contributed by atoms with van der Waals surface area (Å²) >= 11 is 0. The molecule has 43 heavy (non-hydrogen) atoms. The first-order valence-electron chi connectivity index (χ1n) is 14.1. The van der Waals surface area contributed by atoms with Gasteiger partial charge in [-0.25, -0.2) is 18.7 Å². The van der Waals surface area contributed by atoms with Crippen molar-refractivity contribution in [2.24, 2.45) is 0 Å². The molecular weight excluding hydrogens is 555 g/mol. The third kappa shape index (κ3) is 5.90. The van der Waals surface area contributed by atoms with Crippen LogP contribution in [0.5, 0.6) is 11.5 Å². The molecule has 2 aromatic heterocycles. The highest BCUT2D eigenvalue weighted by molar-refractivity contribution is 5.93. The van der Waals surface area contributed by atoms with Crippen LogP contribution in [0.1, 0.15) is 71.7 Å². The molecule has 11 heteroatoms. The summed E-state index contributed by atoms with van der Waals surface area (Å²) in [7, 11) is 1.56. The van der Waals surface area contributed by atoms with Crippen LogP contribution in [0.15, 0.2) is 36.4 Å². The van der Waals surface area contributed by atoms with E-state index in [4.69, 9.17) is 14.2 Å². The molecule has 0 radical (unpaired) electrons. The van der Waals surface area contributed by atoms with E-state index < -0.39 is 29.4 Å². The third-order valence-corrected chi connectivity index (χ3v) is 7.34. The molecule has 1 amide bonds. The maximum absolute atomic E-state index is 15.5. The molecule has 0 spiro atoms. The number of aromatic nitrogens is 3. The molecule has 1 atom stereocenters. The Kier molecular flexibility index (Phi) is 8.11. The van der Waals surface area contributed by atoms with Gasteiger partial charge in [-0.3, -0.25) is 4.79 Å². The van der Waals surface area contributed by atoms with Gasteiger partial charge in [0.05, 0.1) is 25.0 Å². The lowest BCUT2D eigenvalue weighted by atomic mass is 9.91. The molecule has 1 aliphatic rings. The van der Waals surface area contributed by atoms with E-state index in [0.29, 0.717) is 41.2 Å². The summed E-state index contributed by atoms with van der Waals surface area (Å²) in [5.74, 6) is -1.43. The fourth-order valence-electron chi connectivity index (χ4n) is 5.42. The number of carbonyl (C=O) groups excluding carboxylic acids is 1. The van der Waals surface area contributed by atoms with Gasteiger partial charge in [-0.05, 0) is 65.2 Å². The summed E-state index contributed by atoms with van der Waals surface area (Å²) in [6.45, 7) is 9.38. The minimum Gasteiger partial charge on any atom is -0.496 e. The van der Waals surface area contributed by atoms with Gasteiger partial charge in [0.25, 0.3) is 5.91 Å². The average Bonchev–Trinajstić information content (AvgIpc) is 3.39. The van der Waals surface area contributed by atoms with Crippen LogP contribution in [0.4, 0.5) is 4.39 Å². The van der Waals surface area contributed by atoms with Crippen molar-refractivity contribution in [3.8, 4) is 22.8 Å². The van der Waals surface area contributed by atoms with Gasteiger partial charge in [-0.1, -0.05) is 18.2 Å². The summed E-state index contributed by atoms with van der Waals surface area (Å²) in [5, 5.41) is 17.8. The number of carbonyl (C=O) groups is 2. The molecule has 5 rings (SSSR count). The number of carboxylic acid groups (broad SMARTS) is 1. The number of methoxy groups -OCH3 is 1. The Bertz CT molecular complexity index is 1730. The molecule has 0 saturated carbocycles. The number of amides is 1. The van der Waals surface area contributed by atoms with Crippen LogP contribution in [-0.4, -0.2) is 50.9 Å². The van der Waals surface area contributed by atoms with Gasteiger partial charge in [0.2, 0.25) is 0 Å². The molecule has 0 fully saturated rings. The van der Waals surface area contributed by atoms with Crippen molar-refractivity contribution in [3.63, 3.8) is 0 Å². The van der Waals surface area contributed by atoms with E-state index in [9.17, 15) is 14.7 Å². The van der Waals surface area contributed by atoms with E-state index in [0.717, 1.165) is 17.5 Å². The van der Waals surface area contributed by atoms with Gasteiger partial charge in [-0.15, -0.1) is 0 Å². The quantitative estimate of drug-likeness (QED) is 0.281. The SMILES string of the molecule is COc1ccccc1CNC(=O)c1cc2nc(C)c([C@H](OC(C)(C)C)C(=O)O)c(-c3cc(F)c4c(c3C)CCCO4)n2n1. The Morgan fingerprint density at radius 1 is 1.21 bits per heavy atom. The van der Waals surface area contributed by atoms with E-state index in [1.807, 2.05) is 25.1 Å². The number of carboxylic acids is 1. The van der Waals surface area contributed by atoms with Crippen LogP contribution in [0, 0.1) is 19.7 Å². The molecule has 10 nitrogen and oxygen atoms in total. The Morgan fingerprint density at radius 3 is 2.65 bits per heavy atom. The zero-order valence-corrected chi connectivity index (χ0v) is 25.1. The van der Waals surface area contributed by atoms with Crippen molar-refractivity contribution in [1.82, 2.24) is 19.9 Å². The second kappa shape index (κ2) is 11.6. The zero-order valence-electron chi connectivity index (χ0n) is 25.1. The van der Waals surface area contributed by atoms with Crippen molar-refractivity contribution in [2.75, 3.05) is 13.7 Å². The molecule has 0 aliphatic carbocycles. The number of rotatable bonds is 8. The van der Waals surface area contributed by atoms with Crippen LogP contribution in [0.3, 0.4) is 0 Å².